The summed E-state index contributed by atoms with van der Waals surface area (Å²) in [5.74, 6) is -1.04. The van der Waals surface area contributed by atoms with E-state index < -0.39 is 18.1 Å². The van der Waals surface area contributed by atoms with Gasteiger partial charge in [-0.1, -0.05) is 59.8 Å². The van der Waals surface area contributed by atoms with Gasteiger partial charge in [0.2, 0.25) is 17.7 Å². The second-order valence-corrected chi connectivity index (χ2v) is 15.1. The first kappa shape index (κ1) is 39.9. The Morgan fingerprint density at radius 3 is 2.44 bits per heavy atom. The lowest BCUT2D eigenvalue weighted by atomic mass is 10.0. The zero-order valence-corrected chi connectivity index (χ0v) is 32.5. The van der Waals surface area contributed by atoms with Gasteiger partial charge in [0, 0.05) is 83.2 Å². The number of nitrogens with two attached hydrogens (primary N) is 2. The van der Waals surface area contributed by atoms with Crippen LogP contribution in [-0.2, 0) is 33.9 Å². The number of rotatable bonds is 10. The maximum Gasteiger partial charge on any atom is 0.245 e. The number of likely N-dealkylation sites (N-methyl/N-ethyl adjacent to an activating group) is 1. The molecule has 0 saturated heterocycles. The van der Waals surface area contributed by atoms with Crippen LogP contribution >= 0.6 is 23.4 Å². The smallest absolute Gasteiger partial charge is 0.245 e. The summed E-state index contributed by atoms with van der Waals surface area (Å²) in [7, 11) is 1.63. The fraction of sp³-hybridized carbons (Fsp3) is 0.341. The first-order valence-corrected chi connectivity index (χ1v) is 19.8. The average Bonchev–Trinajstić information content (AvgIpc) is 3.62. The molecule has 0 unspecified atom stereocenters. The number of aromatic amines is 1. The van der Waals surface area contributed by atoms with Gasteiger partial charge in [-0.05, 0) is 80.6 Å². The highest BCUT2D eigenvalue weighted by Crippen LogP contribution is 2.41. The second-order valence-electron chi connectivity index (χ2n) is 13.7. The Morgan fingerprint density at radius 1 is 0.891 bits per heavy atom. The first-order chi connectivity index (χ1) is 26.8. The Hall–Kier alpha value is -4.79. The number of aromatic nitrogens is 3. The molecular formula is C41H48ClN9O3S. The zero-order chi connectivity index (χ0) is 38.7. The Bertz CT molecular complexity index is 2100. The number of hydrogen-bond donors (Lipinski definition) is 6. The minimum atomic E-state index is -0.931. The highest BCUT2D eigenvalue weighted by Gasteiger charge is 2.34. The summed E-state index contributed by atoms with van der Waals surface area (Å²) >= 11 is 8.44. The summed E-state index contributed by atoms with van der Waals surface area (Å²) in [6.07, 6.45) is 9.86. The number of carbonyl (C=O) groups is 3. The lowest BCUT2D eigenvalue weighted by molar-refractivity contribution is -0.142. The molecule has 3 amide bonds. The summed E-state index contributed by atoms with van der Waals surface area (Å²) in [5, 5.41) is 11.0. The summed E-state index contributed by atoms with van der Waals surface area (Å²) < 4.78 is 0. The van der Waals surface area contributed by atoms with E-state index in [4.69, 9.17) is 28.1 Å². The lowest BCUT2D eigenvalue weighted by Gasteiger charge is -2.32. The van der Waals surface area contributed by atoms with Gasteiger partial charge in [-0.3, -0.25) is 24.4 Å². The van der Waals surface area contributed by atoms with Crippen LogP contribution in [0.4, 0.5) is 0 Å². The number of amides is 3. The van der Waals surface area contributed by atoms with Crippen LogP contribution in [0.15, 0.2) is 95.2 Å². The van der Waals surface area contributed by atoms with Crippen LogP contribution in [0.3, 0.4) is 0 Å². The fourth-order valence-corrected chi connectivity index (χ4v) is 8.35. The molecular weight excluding hydrogens is 734 g/mol. The molecule has 0 saturated carbocycles. The number of carbonyl (C=O) groups excluding carboxylic acids is 3. The van der Waals surface area contributed by atoms with Crippen LogP contribution in [0.1, 0.15) is 48.8 Å². The molecule has 0 spiro atoms. The van der Waals surface area contributed by atoms with Crippen molar-refractivity contribution in [2.45, 2.75) is 79.5 Å². The minimum absolute atomic E-state index is 0.0747. The van der Waals surface area contributed by atoms with Crippen molar-refractivity contribution >= 4 is 52.0 Å². The normalized spacial score (nSPS) is 18.7. The summed E-state index contributed by atoms with van der Waals surface area (Å²) in [6.45, 7) is 1.31. The molecule has 0 radical (unpaired) electrons. The van der Waals surface area contributed by atoms with E-state index in [2.05, 4.69) is 25.9 Å². The van der Waals surface area contributed by atoms with Crippen molar-refractivity contribution in [3.05, 3.63) is 107 Å². The van der Waals surface area contributed by atoms with E-state index >= 15 is 0 Å². The molecule has 55 heavy (non-hydrogen) atoms. The number of hydrogen-bond acceptors (Lipinski definition) is 9. The molecule has 0 bridgehead atoms. The predicted octanol–water partition coefficient (Wildman–Crippen LogP) is 4.94. The molecule has 3 atom stereocenters. The van der Waals surface area contributed by atoms with E-state index in [-0.39, 0.29) is 30.7 Å². The number of pyridine rings is 2. The van der Waals surface area contributed by atoms with E-state index in [1.54, 1.807) is 25.6 Å². The summed E-state index contributed by atoms with van der Waals surface area (Å²) in [4.78, 5) is 58.6. The molecule has 1 aliphatic rings. The summed E-state index contributed by atoms with van der Waals surface area (Å²) in [5.41, 5.74) is 16.7. The first-order valence-electron chi connectivity index (χ1n) is 18.7. The number of halogens is 1. The maximum atomic E-state index is 14.5. The van der Waals surface area contributed by atoms with Gasteiger partial charge in [-0.25, -0.2) is 0 Å². The molecule has 0 aliphatic carbocycles. The van der Waals surface area contributed by atoms with Crippen molar-refractivity contribution in [3.8, 4) is 11.3 Å². The zero-order valence-electron chi connectivity index (χ0n) is 30.9. The monoisotopic (exact) mass is 781 g/mol. The van der Waals surface area contributed by atoms with E-state index in [0.29, 0.717) is 68.0 Å². The van der Waals surface area contributed by atoms with Gasteiger partial charge in [-0.2, -0.15) is 0 Å². The lowest BCUT2D eigenvalue weighted by Crippen LogP contribution is -2.57. The van der Waals surface area contributed by atoms with Crippen LogP contribution in [0.5, 0.6) is 0 Å². The third kappa shape index (κ3) is 9.72. The number of benzene rings is 2. The average molecular weight is 782 g/mol. The molecule has 8 N–H and O–H groups in total. The fourth-order valence-electron chi connectivity index (χ4n) is 6.87. The van der Waals surface area contributed by atoms with Crippen LogP contribution in [-0.4, -0.2) is 75.8 Å². The van der Waals surface area contributed by atoms with E-state index in [0.717, 1.165) is 37.4 Å². The number of H-pyrrole nitrogens is 1. The van der Waals surface area contributed by atoms with Gasteiger partial charge < -0.3 is 37.3 Å². The molecule has 5 aromatic rings. The van der Waals surface area contributed by atoms with Gasteiger partial charge in [0.05, 0.1) is 16.8 Å². The molecule has 4 heterocycles. The van der Waals surface area contributed by atoms with E-state index in [1.165, 1.54) is 16.7 Å². The third-order valence-corrected chi connectivity index (χ3v) is 11.6. The molecule has 288 valence electrons. The quantitative estimate of drug-likeness (QED) is 0.107. The van der Waals surface area contributed by atoms with Crippen molar-refractivity contribution in [2.24, 2.45) is 11.5 Å². The topological polar surface area (TPSA) is 184 Å². The van der Waals surface area contributed by atoms with Crippen LogP contribution in [0.25, 0.3) is 22.2 Å². The Morgan fingerprint density at radius 2 is 1.64 bits per heavy atom. The van der Waals surface area contributed by atoms with Gasteiger partial charge in [0.25, 0.3) is 0 Å². The number of para-hydroxylation sites is 1. The summed E-state index contributed by atoms with van der Waals surface area (Å²) in [6, 6.07) is 17.1. The van der Waals surface area contributed by atoms with E-state index in [1.807, 2.05) is 66.9 Å². The largest absolute Gasteiger partial charge is 0.361 e. The number of nitrogens with zero attached hydrogens (tertiary/aromatic N) is 3. The van der Waals surface area contributed by atoms with Crippen molar-refractivity contribution in [1.29, 1.82) is 0 Å². The number of fused-ring (bicyclic) bond motifs is 3. The highest BCUT2D eigenvalue weighted by molar-refractivity contribution is 7.99. The standard InChI is InChI=1S/C41H48ClN9O3S/c1-51-35(21-28-23-46-32-11-4-3-10-29(28)32)40(53)49-24-30-31(42)25-48-37(26-15-19-45-20-16-26)38(30)55-36-14-5-2-9-27(36)22-47-33(13-8-18-44)39(52)50-34(41(51)54)12-6-7-17-43/h2-5,9-11,14-16,19-20,23,25,33-35,46-47H,6-8,12-13,17-18,21-22,24,43-44H2,1H3,(H,49,53)(H,50,52)/t33-,34-,35-/m0/s1. The van der Waals surface area contributed by atoms with Crippen LogP contribution in [0, 0.1) is 0 Å². The molecule has 14 heteroatoms. The van der Waals surface area contributed by atoms with Gasteiger partial charge in [0.1, 0.15) is 12.1 Å². The number of unbranched alkanes of at least 4 members (excludes halogenated alkanes) is 1. The van der Waals surface area contributed by atoms with Gasteiger partial charge >= 0.3 is 0 Å². The Labute approximate surface area is 330 Å². The highest BCUT2D eigenvalue weighted by atomic mass is 35.5. The molecule has 2 aromatic carbocycles. The maximum absolute atomic E-state index is 14.5. The minimum Gasteiger partial charge on any atom is -0.361 e. The van der Waals surface area contributed by atoms with Crippen molar-refractivity contribution in [1.82, 2.24) is 35.8 Å². The molecule has 3 aromatic heterocycles. The third-order valence-electron chi connectivity index (χ3n) is 9.98. The predicted molar refractivity (Wildman–Crippen MR) is 217 cm³/mol. The second kappa shape index (κ2) is 19.2. The molecule has 12 nitrogen and oxygen atoms in total. The van der Waals surface area contributed by atoms with Crippen molar-refractivity contribution in [3.63, 3.8) is 0 Å². The van der Waals surface area contributed by atoms with E-state index in [9.17, 15) is 14.4 Å². The number of nitrogens with one attached hydrogen (secondary N) is 4. The Kier molecular flexibility index (Phi) is 13.9. The van der Waals surface area contributed by atoms with Gasteiger partial charge in [-0.15, -0.1) is 0 Å². The molecule has 0 fully saturated rings. The SMILES string of the molecule is CN1C(=O)[C@H](CCCCN)NC(=O)[C@H](CCCN)NCc2ccccc2Sc2c(-c3ccncc3)ncc(Cl)c2CNC(=O)[C@@H]1Cc1c[nH]c2ccccc12. The Balaban J connectivity index is 1.46. The van der Waals surface area contributed by atoms with Crippen LogP contribution in [0.2, 0.25) is 5.02 Å². The van der Waals surface area contributed by atoms with Crippen LogP contribution < -0.4 is 27.4 Å². The molecule has 6 rings (SSSR count). The molecule has 1 aliphatic heterocycles. The van der Waals surface area contributed by atoms with Crippen molar-refractivity contribution < 1.29 is 14.4 Å². The van der Waals surface area contributed by atoms with Crippen molar-refractivity contribution in [2.75, 3.05) is 20.1 Å². The van der Waals surface area contributed by atoms with Gasteiger partial charge in [0.15, 0.2) is 0 Å².